The van der Waals surface area contributed by atoms with Crippen LogP contribution >= 0.6 is 15.9 Å². The molecule has 13 heavy (non-hydrogen) atoms. The van der Waals surface area contributed by atoms with Crippen molar-refractivity contribution in [3.8, 4) is 11.5 Å². The van der Waals surface area contributed by atoms with Crippen LogP contribution in [0, 0.1) is 5.82 Å². The van der Waals surface area contributed by atoms with Crippen LogP contribution in [-0.4, -0.2) is 19.0 Å². The molecular formula is C9H10BrFO2. The molecule has 0 aliphatic rings. The number of para-hydroxylation sites is 1. The first-order valence-corrected chi connectivity index (χ1v) is 4.93. The number of methoxy groups -OCH3 is 1. The lowest BCUT2D eigenvalue weighted by Crippen LogP contribution is -2.01. The van der Waals surface area contributed by atoms with Crippen molar-refractivity contribution in [3.63, 3.8) is 0 Å². The van der Waals surface area contributed by atoms with Crippen LogP contribution in [0.15, 0.2) is 18.2 Å². The fraction of sp³-hybridized carbons (Fsp3) is 0.333. The Hall–Kier alpha value is -0.770. The van der Waals surface area contributed by atoms with Crippen LogP contribution in [0.2, 0.25) is 0 Å². The van der Waals surface area contributed by atoms with E-state index in [1.54, 1.807) is 12.1 Å². The van der Waals surface area contributed by atoms with Gasteiger partial charge in [0.15, 0.2) is 17.3 Å². The lowest BCUT2D eigenvalue weighted by molar-refractivity contribution is 0.298. The summed E-state index contributed by atoms with van der Waals surface area (Å²) in [6.07, 6.45) is 0. The third-order valence-corrected chi connectivity index (χ3v) is 1.80. The van der Waals surface area contributed by atoms with Crippen molar-refractivity contribution in [2.45, 2.75) is 0 Å². The maximum Gasteiger partial charge on any atom is 0.197 e. The van der Waals surface area contributed by atoms with Gasteiger partial charge in [-0.05, 0) is 12.1 Å². The quantitative estimate of drug-likeness (QED) is 0.763. The van der Waals surface area contributed by atoms with Gasteiger partial charge in [-0.1, -0.05) is 22.0 Å². The molecule has 0 bridgehead atoms. The molecule has 0 spiro atoms. The second-order valence-electron chi connectivity index (χ2n) is 2.31. The lowest BCUT2D eigenvalue weighted by Gasteiger charge is -2.09. The SMILES string of the molecule is COc1cccc(F)c1OCCBr. The first-order valence-electron chi connectivity index (χ1n) is 3.81. The Labute approximate surface area is 84.8 Å². The van der Waals surface area contributed by atoms with Gasteiger partial charge in [-0.25, -0.2) is 4.39 Å². The van der Waals surface area contributed by atoms with Gasteiger partial charge in [0.2, 0.25) is 0 Å². The van der Waals surface area contributed by atoms with E-state index in [2.05, 4.69) is 15.9 Å². The fourth-order valence-corrected chi connectivity index (χ4v) is 1.09. The van der Waals surface area contributed by atoms with Crippen LogP contribution in [0.25, 0.3) is 0 Å². The maximum absolute atomic E-state index is 13.1. The lowest BCUT2D eigenvalue weighted by atomic mass is 10.3. The van der Waals surface area contributed by atoms with Gasteiger partial charge in [-0.15, -0.1) is 0 Å². The molecule has 0 aromatic heterocycles. The summed E-state index contributed by atoms with van der Waals surface area (Å²) in [6.45, 7) is 0.414. The van der Waals surface area contributed by atoms with Crippen molar-refractivity contribution in [2.75, 3.05) is 19.0 Å². The smallest absolute Gasteiger partial charge is 0.197 e. The van der Waals surface area contributed by atoms with Gasteiger partial charge in [0.25, 0.3) is 0 Å². The number of ether oxygens (including phenoxy) is 2. The number of rotatable bonds is 4. The molecule has 0 aliphatic heterocycles. The molecule has 72 valence electrons. The summed E-state index contributed by atoms with van der Waals surface area (Å²) < 4.78 is 23.2. The van der Waals surface area contributed by atoms with Gasteiger partial charge in [-0.2, -0.15) is 0 Å². The molecule has 1 rings (SSSR count). The normalized spacial score (nSPS) is 9.77. The van der Waals surface area contributed by atoms with E-state index in [9.17, 15) is 4.39 Å². The summed E-state index contributed by atoms with van der Waals surface area (Å²) in [7, 11) is 1.48. The van der Waals surface area contributed by atoms with Crippen molar-refractivity contribution in [1.29, 1.82) is 0 Å². The molecule has 0 heterocycles. The summed E-state index contributed by atoms with van der Waals surface area (Å²) in [5.41, 5.74) is 0. The van der Waals surface area contributed by atoms with E-state index in [0.29, 0.717) is 17.7 Å². The van der Waals surface area contributed by atoms with Gasteiger partial charge >= 0.3 is 0 Å². The highest BCUT2D eigenvalue weighted by Crippen LogP contribution is 2.29. The van der Waals surface area contributed by atoms with E-state index < -0.39 is 5.82 Å². The Kier molecular flexibility index (Phi) is 4.02. The highest BCUT2D eigenvalue weighted by Gasteiger charge is 2.09. The molecule has 0 fully saturated rings. The van der Waals surface area contributed by atoms with Crippen LogP contribution < -0.4 is 9.47 Å². The summed E-state index contributed by atoms with van der Waals surface area (Å²) in [6, 6.07) is 4.58. The van der Waals surface area contributed by atoms with Crippen molar-refractivity contribution < 1.29 is 13.9 Å². The zero-order valence-corrected chi connectivity index (χ0v) is 8.80. The van der Waals surface area contributed by atoms with E-state index in [1.807, 2.05) is 0 Å². The summed E-state index contributed by atoms with van der Waals surface area (Å²) in [5, 5.41) is 0.657. The Bertz CT molecular complexity index is 278. The monoisotopic (exact) mass is 248 g/mol. The number of alkyl halides is 1. The van der Waals surface area contributed by atoms with Crippen LogP contribution in [0.1, 0.15) is 0 Å². The van der Waals surface area contributed by atoms with Crippen molar-refractivity contribution in [2.24, 2.45) is 0 Å². The largest absolute Gasteiger partial charge is 0.493 e. The molecule has 1 aromatic rings. The topological polar surface area (TPSA) is 18.5 Å². The third kappa shape index (κ3) is 2.59. The Morgan fingerprint density at radius 2 is 2.23 bits per heavy atom. The second-order valence-corrected chi connectivity index (χ2v) is 3.10. The van der Waals surface area contributed by atoms with E-state index in [-0.39, 0.29) is 5.75 Å². The molecule has 0 saturated carbocycles. The van der Waals surface area contributed by atoms with Crippen molar-refractivity contribution in [1.82, 2.24) is 0 Å². The number of halogens is 2. The zero-order valence-electron chi connectivity index (χ0n) is 7.22. The molecule has 0 radical (unpaired) electrons. The summed E-state index contributed by atoms with van der Waals surface area (Å²) >= 11 is 3.19. The van der Waals surface area contributed by atoms with Crippen molar-refractivity contribution in [3.05, 3.63) is 24.0 Å². The second kappa shape index (κ2) is 5.07. The standard InChI is InChI=1S/C9H10BrFO2/c1-12-8-4-2-3-7(11)9(8)13-6-5-10/h2-4H,5-6H2,1H3. The minimum absolute atomic E-state index is 0.171. The van der Waals surface area contributed by atoms with Gasteiger partial charge in [0.1, 0.15) is 0 Å². The van der Waals surface area contributed by atoms with E-state index >= 15 is 0 Å². The van der Waals surface area contributed by atoms with E-state index in [4.69, 9.17) is 9.47 Å². The molecule has 0 saturated heterocycles. The van der Waals surface area contributed by atoms with Crippen LogP contribution in [0.3, 0.4) is 0 Å². The van der Waals surface area contributed by atoms with Gasteiger partial charge in [-0.3, -0.25) is 0 Å². The first-order chi connectivity index (χ1) is 6.29. The predicted molar refractivity (Wildman–Crippen MR) is 52.2 cm³/mol. The Morgan fingerprint density at radius 1 is 1.46 bits per heavy atom. The fourth-order valence-electron chi connectivity index (χ4n) is 0.931. The molecule has 0 atom stereocenters. The Balaban J connectivity index is 2.87. The maximum atomic E-state index is 13.1. The molecule has 0 N–H and O–H groups in total. The van der Waals surface area contributed by atoms with Crippen LogP contribution in [-0.2, 0) is 0 Å². The molecule has 4 heteroatoms. The van der Waals surface area contributed by atoms with Crippen LogP contribution in [0.4, 0.5) is 4.39 Å². The molecular weight excluding hydrogens is 239 g/mol. The first kappa shape index (κ1) is 10.3. The number of hydrogen-bond donors (Lipinski definition) is 0. The minimum Gasteiger partial charge on any atom is -0.493 e. The van der Waals surface area contributed by atoms with Gasteiger partial charge in [0, 0.05) is 5.33 Å². The van der Waals surface area contributed by atoms with E-state index in [1.165, 1.54) is 13.2 Å². The molecule has 2 nitrogen and oxygen atoms in total. The van der Waals surface area contributed by atoms with Gasteiger partial charge in [0.05, 0.1) is 13.7 Å². The summed E-state index contributed by atoms with van der Waals surface area (Å²) in [5.74, 6) is 0.186. The molecule has 0 aliphatic carbocycles. The summed E-state index contributed by atoms with van der Waals surface area (Å²) in [4.78, 5) is 0. The Morgan fingerprint density at radius 3 is 2.85 bits per heavy atom. The number of hydrogen-bond acceptors (Lipinski definition) is 2. The third-order valence-electron chi connectivity index (χ3n) is 1.47. The predicted octanol–water partition coefficient (Wildman–Crippen LogP) is 2.61. The van der Waals surface area contributed by atoms with Crippen molar-refractivity contribution >= 4 is 15.9 Å². The average molecular weight is 249 g/mol. The van der Waals surface area contributed by atoms with E-state index in [0.717, 1.165) is 0 Å². The van der Waals surface area contributed by atoms with Gasteiger partial charge < -0.3 is 9.47 Å². The van der Waals surface area contributed by atoms with Crippen LogP contribution in [0.5, 0.6) is 11.5 Å². The molecule has 0 amide bonds. The molecule has 0 unspecified atom stereocenters. The molecule has 1 aromatic carbocycles. The zero-order chi connectivity index (χ0) is 9.68. The average Bonchev–Trinajstić information content (AvgIpc) is 2.15. The highest BCUT2D eigenvalue weighted by molar-refractivity contribution is 9.09. The minimum atomic E-state index is -0.402. The highest BCUT2D eigenvalue weighted by atomic mass is 79.9. The number of benzene rings is 1.